The van der Waals surface area contributed by atoms with Gasteiger partial charge in [-0.15, -0.1) is 0 Å². The van der Waals surface area contributed by atoms with E-state index in [-0.39, 0.29) is 12.3 Å². The van der Waals surface area contributed by atoms with Crippen molar-refractivity contribution in [1.82, 2.24) is 19.9 Å². The largest absolute Gasteiger partial charge is 0.454 e. The Morgan fingerprint density at radius 3 is 2.79 bits per heavy atom. The van der Waals surface area contributed by atoms with Crippen LogP contribution in [0.25, 0.3) is 11.0 Å². The van der Waals surface area contributed by atoms with Crippen LogP contribution in [0.2, 0.25) is 0 Å². The molecule has 3 aromatic rings. The number of nitrogens with one attached hydrogen (secondary N) is 1. The van der Waals surface area contributed by atoms with Crippen LogP contribution >= 0.6 is 27.7 Å². The molecule has 1 aliphatic rings. The van der Waals surface area contributed by atoms with Crippen LogP contribution in [-0.2, 0) is 6.54 Å². The van der Waals surface area contributed by atoms with Gasteiger partial charge >= 0.3 is 0 Å². The topological polar surface area (TPSA) is 87.2 Å². The molecular formula is C20H24BrN5O2S. The second-order valence-electron chi connectivity index (χ2n) is 7.88. The van der Waals surface area contributed by atoms with Crippen molar-refractivity contribution in [2.75, 3.05) is 19.1 Å². The Kier molecular flexibility index (Phi) is 5.63. The summed E-state index contributed by atoms with van der Waals surface area (Å²) in [7, 11) is 0. The maximum absolute atomic E-state index is 6.09. The number of nitrogens with zero attached hydrogens (tertiary/aromatic N) is 3. The molecule has 0 aliphatic carbocycles. The average Bonchev–Trinajstić information content (AvgIpc) is 3.23. The average molecular weight is 478 g/mol. The Balaban J connectivity index is 1.64. The van der Waals surface area contributed by atoms with Crippen LogP contribution in [0.5, 0.6) is 11.5 Å². The van der Waals surface area contributed by atoms with E-state index in [2.05, 4.69) is 51.6 Å². The van der Waals surface area contributed by atoms with Gasteiger partial charge in [0.05, 0.1) is 5.52 Å². The predicted octanol–water partition coefficient (Wildman–Crippen LogP) is 4.43. The van der Waals surface area contributed by atoms with Gasteiger partial charge < -0.3 is 25.1 Å². The van der Waals surface area contributed by atoms with Gasteiger partial charge in [-0.3, -0.25) is 0 Å². The van der Waals surface area contributed by atoms with E-state index < -0.39 is 0 Å². The first-order valence-electron chi connectivity index (χ1n) is 9.44. The molecule has 154 valence electrons. The van der Waals surface area contributed by atoms with Gasteiger partial charge in [0.15, 0.2) is 22.5 Å². The minimum absolute atomic E-state index is 0.0975. The molecule has 7 nitrogen and oxygen atoms in total. The fourth-order valence-corrected chi connectivity index (χ4v) is 4.64. The lowest BCUT2D eigenvalue weighted by atomic mass is 10.1. The van der Waals surface area contributed by atoms with E-state index in [9.17, 15) is 0 Å². The Hall–Kier alpha value is -1.97. The molecule has 1 aliphatic heterocycles. The van der Waals surface area contributed by atoms with Crippen LogP contribution in [0, 0.1) is 0 Å². The van der Waals surface area contributed by atoms with E-state index in [1.165, 1.54) is 0 Å². The second kappa shape index (κ2) is 8.04. The quantitative estimate of drug-likeness (QED) is 0.507. The summed E-state index contributed by atoms with van der Waals surface area (Å²) < 4.78 is 14.1. The van der Waals surface area contributed by atoms with E-state index in [0.29, 0.717) is 5.82 Å². The molecule has 0 radical (unpaired) electrons. The summed E-state index contributed by atoms with van der Waals surface area (Å²) in [5.74, 6) is 1.94. The number of anilines is 1. The minimum Gasteiger partial charge on any atom is -0.454 e. The van der Waals surface area contributed by atoms with Gasteiger partial charge in [-0.1, -0.05) is 11.8 Å². The van der Waals surface area contributed by atoms with Crippen LogP contribution in [0.4, 0.5) is 5.82 Å². The van der Waals surface area contributed by atoms with Crippen molar-refractivity contribution in [1.29, 1.82) is 0 Å². The Morgan fingerprint density at radius 2 is 2.03 bits per heavy atom. The molecule has 0 fully saturated rings. The SMILES string of the molecule is CC(C)(C)NCCCn1c(Sc2cc3c(cc2Br)OCO3)nc2c(N)nccc21. The van der Waals surface area contributed by atoms with E-state index in [1.54, 1.807) is 18.0 Å². The van der Waals surface area contributed by atoms with Gasteiger partial charge in [-0.05, 0) is 67.9 Å². The molecule has 3 heterocycles. The number of pyridine rings is 1. The van der Waals surface area contributed by atoms with Crippen molar-refractivity contribution >= 4 is 44.5 Å². The summed E-state index contributed by atoms with van der Waals surface area (Å²) in [6.45, 7) is 8.51. The van der Waals surface area contributed by atoms with Crippen LogP contribution in [0.1, 0.15) is 27.2 Å². The molecular weight excluding hydrogens is 454 g/mol. The number of hydrogen-bond acceptors (Lipinski definition) is 7. The molecule has 0 bridgehead atoms. The number of nitrogens with two attached hydrogens (primary N) is 1. The van der Waals surface area contributed by atoms with Crippen molar-refractivity contribution in [2.45, 2.75) is 49.3 Å². The van der Waals surface area contributed by atoms with Gasteiger partial charge in [0.1, 0.15) is 5.52 Å². The van der Waals surface area contributed by atoms with Crippen LogP contribution in [0.15, 0.2) is 38.9 Å². The minimum atomic E-state index is 0.0975. The lowest BCUT2D eigenvalue weighted by Gasteiger charge is -2.20. The number of halogens is 1. The molecule has 0 atom stereocenters. The second-order valence-corrected chi connectivity index (χ2v) is 9.74. The molecule has 1 aromatic carbocycles. The third-order valence-corrected chi connectivity index (χ3v) is 6.47. The lowest BCUT2D eigenvalue weighted by Crippen LogP contribution is -2.36. The fourth-order valence-electron chi connectivity index (χ4n) is 3.12. The molecule has 0 unspecified atom stereocenters. The highest BCUT2D eigenvalue weighted by atomic mass is 79.9. The number of benzene rings is 1. The first-order chi connectivity index (χ1) is 13.8. The fraction of sp³-hybridized carbons (Fsp3) is 0.400. The van der Waals surface area contributed by atoms with Gasteiger partial charge in [0, 0.05) is 27.6 Å². The maximum Gasteiger partial charge on any atom is 0.231 e. The van der Waals surface area contributed by atoms with E-state index >= 15 is 0 Å². The van der Waals surface area contributed by atoms with Crippen molar-refractivity contribution in [3.63, 3.8) is 0 Å². The number of rotatable bonds is 6. The van der Waals surface area contributed by atoms with Crippen molar-refractivity contribution in [2.24, 2.45) is 0 Å². The van der Waals surface area contributed by atoms with E-state index in [1.807, 2.05) is 18.2 Å². The first kappa shape index (κ1) is 20.3. The lowest BCUT2D eigenvalue weighted by molar-refractivity contribution is 0.174. The van der Waals surface area contributed by atoms with Crippen LogP contribution < -0.4 is 20.5 Å². The summed E-state index contributed by atoms with van der Waals surface area (Å²) in [4.78, 5) is 10.00. The number of hydrogen-bond donors (Lipinski definition) is 2. The third-order valence-electron chi connectivity index (χ3n) is 4.50. The van der Waals surface area contributed by atoms with Gasteiger partial charge in [0.25, 0.3) is 0 Å². The summed E-state index contributed by atoms with van der Waals surface area (Å²) >= 11 is 5.21. The van der Waals surface area contributed by atoms with Crippen molar-refractivity contribution in [3.05, 3.63) is 28.9 Å². The summed E-state index contributed by atoms with van der Waals surface area (Å²) in [5.41, 5.74) is 7.92. The van der Waals surface area contributed by atoms with Gasteiger partial charge in [-0.25, -0.2) is 9.97 Å². The van der Waals surface area contributed by atoms with Crippen molar-refractivity contribution < 1.29 is 9.47 Å². The number of aryl methyl sites for hydroxylation is 1. The molecule has 0 spiro atoms. The molecule has 0 saturated carbocycles. The maximum atomic E-state index is 6.09. The molecule has 3 N–H and O–H groups in total. The number of ether oxygens (including phenoxy) is 2. The highest BCUT2D eigenvalue weighted by molar-refractivity contribution is 9.10. The molecule has 4 rings (SSSR count). The van der Waals surface area contributed by atoms with Crippen molar-refractivity contribution in [3.8, 4) is 11.5 Å². The summed E-state index contributed by atoms with van der Waals surface area (Å²) in [5, 5.41) is 4.41. The smallest absolute Gasteiger partial charge is 0.231 e. The van der Waals surface area contributed by atoms with E-state index in [0.717, 1.165) is 56.6 Å². The molecule has 2 aromatic heterocycles. The molecule has 29 heavy (non-hydrogen) atoms. The normalized spacial score (nSPS) is 13.4. The number of imidazole rings is 1. The summed E-state index contributed by atoms with van der Waals surface area (Å²) in [6.07, 6.45) is 2.70. The molecule has 9 heteroatoms. The highest BCUT2D eigenvalue weighted by Gasteiger charge is 2.20. The number of fused-ring (bicyclic) bond motifs is 2. The molecule has 0 saturated heterocycles. The van der Waals surface area contributed by atoms with Crippen LogP contribution in [-0.4, -0.2) is 33.4 Å². The zero-order valence-electron chi connectivity index (χ0n) is 16.7. The zero-order chi connectivity index (χ0) is 20.6. The number of aromatic nitrogens is 3. The van der Waals surface area contributed by atoms with Gasteiger partial charge in [-0.2, -0.15) is 0 Å². The Morgan fingerprint density at radius 1 is 1.28 bits per heavy atom. The van der Waals surface area contributed by atoms with Gasteiger partial charge in [0.2, 0.25) is 6.79 Å². The number of nitrogen functional groups attached to an aromatic ring is 1. The first-order valence-corrected chi connectivity index (χ1v) is 11.1. The zero-order valence-corrected chi connectivity index (χ0v) is 19.1. The molecule has 0 amide bonds. The van der Waals surface area contributed by atoms with Crippen LogP contribution in [0.3, 0.4) is 0 Å². The summed E-state index contributed by atoms with van der Waals surface area (Å²) in [6, 6.07) is 5.87. The predicted molar refractivity (Wildman–Crippen MR) is 119 cm³/mol. The Bertz CT molecular complexity index is 1050. The standard InChI is InChI=1S/C20H24BrN5O2S/c1-20(2,3)24-6-4-8-26-13-5-7-23-18(22)17(13)25-19(26)29-16-10-15-14(9-12(16)21)27-11-28-15/h5,7,9-10,24H,4,6,8,11H2,1-3H3,(H2,22,23). The Labute approximate surface area is 182 Å². The highest BCUT2D eigenvalue weighted by Crippen LogP contribution is 2.43. The van der Waals surface area contributed by atoms with E-state index in [4.69, 9.17) is 20.2 Å². The third kappa shape index (κ3) is 4.46. The monoisotopic (exact) mass is 477 g/mol.